The average Bonchev–Trinajstić information content (AvgIpc) is 3.30. The first-order chi connectivity index (χ1) is 16.0. The van der Waals surface area contributed by atoms with E-state index in [-0.39, 0.29) is 23.8 Å². The van der Waals surface area contributed by atoms with Crippen LogP contribution < -0.4 is 20.9 Å². The summed E-state index contributed by atoms with van der Waals surface area (Å²) in [5.41, 5.74) is 3.31. The zero-order chi connectivity index (χ0) is 23.2. The Hall–Kier alpha value is -4.14. The molecule has 0 aliphatic rings. The number of carbonyl (C=O) groups excluding carboxylic acids is 1. The van der Waals surface area contributed by atoms with Crippen LogP contribution in [0.3, 0.4) is 0 Å². The number of carbonyl (C=O) groups is 1. The molecule has 2 heterocycles. The van der Waals surface area contributed by atoms with Crippen LogP contribution in [0.2, 0.25) is 0 Å². The van der Waals surface area contributed by atoms with Gasteiger partial charge >= 0.3 is 0 Å². The van der Waals surface area contributed by atoms with E-state index in [1.54, 1.807) is 26.4 Å². The molecular weight excluding hydrogens is 420 g/mol. The van der Waals surface area contributed by atoms with Crippen LogP contribution in [0.5, 0.6) is 5.75 Å². The minimum atomic E-state index is -0.320. The van der Waals surface area contributed by atoms with Crippen molar-refractivity contribution in [2.45, 2.75) is 26.4 Å². The summed E-state index contributed by atoms with van der Waals surface area (Å²) >= 11 is 0. The van der Waals surface area contributed by atoms with E-state index in [0.29, 0.717) is 18.8 Å². The Morgan fingerprint density at radius 3 is 2.70 bits per heavy atom. The number of fused-ring (bicyclic) bond motifs is 1. The number of anilines is 1. The second kappa shape index (κ2) is 9.99. The van der Waals surface area contributed by atoms with E-state index < -0.39 is 0 Å². The normalized spacial score (nSPS) is 10.8. The van der Waals surface area contributed by atoms with Crippen LogP contribution in [0.25, 0.3) is 10.9 Å². The molecule has 9 nitrogen and oxygen atoms in total. The first-order valence-electron chi connectivity index (χ1n) is 10.7. The summed E-state index contributed by atoms with van der Waals surface area (Å²) in [5, 5.41) is 13.8. The van der Waals surface area contributed by atoms with Gasteiger partial charge in [-0.1, -0.05) is 18.2 Å². The standard InChI is InChI=1S/C24H26N6O3/c1-16-12-27-23(25-10-9-17-3-6-20(33-2)7-4-17)24(32)30(16)15-22(31)26-13-18-5-8-21-19(11-18)14-28-29-21/h3-8,11-12,14H,9-10,13,15H2,1-2H3,(H,25,27)(H,26,31)(H,28,29). The van der Waals surface area contributed by atoms with Gasteiger partial charge in [-0.3, -0.25) is 19.3 Å². The highest BCUT2D eigenvalue weighted by atomic mass is 16.5. The minimum absolute atomic E-state index is 0.0751. The van der Waals surface area contributed by atoms with E-state index in [9.17, 15) is 9.59 Å². The molecule has 1 amide bonds. The number of aryl methyl sites for hydroxylation is 1. The molecule has 0 spiro atoms. The number of aromatic nitrogens is 4. The molecule has 0 aliphatic carbocycles. The highest BCUT2D eigenvalue weighted by Crippen LogP contribution is 2.13. The van der Waals surface area contributed by atoms with E-state index in [4.69, 9.17) is 4.74 Å². The van der Waals surface area contributed by atoms with Crippen molar-refractivity contribution < 1.29 is 9.53 Å². The van der Waals surface area contributed by atoms with E-state index in [2.05, 4.69) is 25.8 Å². The zero-order valence-corrected chi connectivity index (χ0v) is 18.6. The fourth-order valence-corrected chi connectivity index (χ4v) is 3.51. The maximum atomic E-state index is 12.9. The van der Waals surface area contributed by atoms with Crippen LogP contribution in [0.1, 0.15) is 16.8 Å². The number of methoxy groups -OCH3 is 1. The van der Waals surface area contributed by atoms with Gasteiger partial charge in [0.15, 0.2) is 5.82 Å². The second-order valence-corrected chi connectivity index (χ2v) is 7.73. The number of hydrogen-bond acceptors (Lipinski definition) is 6. The molecular formula is C24H26N6O3. The van der Waals surface area contributed by atoms with Gasteiger partial charge in [-0.05, 0) is 48.7 Å². The fraction of sp³-hybridized carbons (Fsp3) is 0.250. The first kappa shape index (κ1) is 22.1. The highest BCUT2D eigenvalue weighted by Gasteiger charge is 2.12. The van der Waals surface area contributed by atoms with Crippen LogP contribution in [0.4, 0.5) is 5.82 Å². The largest absolute Gasteiger partial charge is 0.497 e. The lowest BCUT2D eigenvalue weighted by Crippen LogP contribution is -2.34. The number of amides is 1. The number of benzene rings is 2. The maximum absolute atomic E-state index is 12.9. The number of ether oxygens (including phenoxy) is 1. The highest BCUT2D eigenvalue weighted by molar-refractivity contribution is 5.79. The Labute approximate surface area is 190 Å². The molecule has 9 heteroatoms. The smallest absolute Gasteiger partial charge is 0.293 e. The molecule has 170 valence electrons. The van der Waals surface area contributed by atoms with Crippen molar-refractivity contribution in [3.8, 4) is 5.75 Å². The predicted octanol–water partition coefficient (Wildman–Crippen LogP) is 2.41. The van der Waals surface area contributed by atoms with Gasteiger partial charge in [0.25, 0.3) is 5.56 Å². The second-order valence-electron chi connectivity index (χ2n) is 7.73. The number of aromatic amines is 1. The first-order valence-corrected chi connectivity index (χ1v) is 10.7. The molecule has 0 saturated heterocycles. The minimum Gasteiger partial charge on any atom is -0.497 e. The Kier molecular flexibility index (Phi) is 6.68. The van der Waals surface area contributed by atoms with Crippen LogP contribution in [0, 0.1) is 6.92 Å². The van der Waals surface area contributed by atoms with E-state index in [1.807, 2.05) is 42.5 Å². The number of rotatable bonds is 9. The molecule has 2 aromatic carbocycles. The number of hydrogen-bond donors (Lipinski definition) is 3. The van der Waals surface area contributed by atoms with Crippen molar-refractivity contribution >= 4 is 22.6 Å². The number of H-pyrrole nitrogens is 1. The Morgan fingerprint density at radius 1 is 1.12 bits per heavy atom. The molecule has 0 aliphatic heterocycles. The molecule has 33 heavy (non-hydrogen) atoms. The van der Waals surface area contributed by atoms with Crippen molar-refractivity contribution in [3.05, 3.63) is 82.0 Å². The van der Waals surface area contributed by atoms with Crippen molar-refractivity contribution in [2.75, 3.05) is 19.0 Å². The molecule has 0 unspecified atom stereocenters. The van der Waals surface area contributed by atoms with Crippen LogP contribution in [0.15, 0.2) is 59.7 Å². The van der Waals surface area contributed by atoms with Crippen molar-refractivity contribution in [1.29, 1.82) is 0 Å². The third kappa shape index (κ3) is 5.38. The summed E-state index contributed by atoms with van der Waals surface area (Å²) in [5.74, 6) is 0.783. The molecule has 4 aromatic rings. The van der Waals surface area contributed by atoms with Gasteiger partial charge in [0.1, 0.15) is 12.3 Å². The average molecular weight is 447 g/mol. The van der Waals surface area contributed by atoms with Crippen molar-refractivity contribution in [2.24, 2.45) is 0 Å². The van der Waals surface area contributed by atoms with Gasteiger partial charge in [0, 0.05) is 30.4 Å². The monoisotopic (exact) mass is 446 g/mol. The zero-order valence-electron chi connectivity index (χ0n) is 18.6. The SMILES string of the molecule is COc1ccc(CCNc2ncc(C)n(CC(=O)NCc3ccc4[nH]ncc4c3)c2=O)cc1. The maximum Gasteiger partial charge on any atom is 0.293 e. The van der Waals surface area contributed by atoms with E-state index >= 15 is 0 Å². The molecule has 2 aromatic heterocycles. The topological polar surface area (TPSA) is 114 Å². The lowest BCUT2D eigenvalue weighted by molar-refractivity contribution is -0.121. The third-order valence-corrected chi connectivity index (χ3v) is 5.42. The van der Waals surface area contributed by atoms with Gasteiger partial charge in [-0.2, -0.15) is 5.10 Å². The summed E-state index contributed by atoms with van der Waals surface area (Å²) in [4.78, 5) is 29.6. The van der Waals surface area contributed by atoms with Crippen LogP contribution in [-0.4, -0.2) is 39.3 Å². The van der Waals surface area contributed by atoms with Gasteiger partial charge in [0.05, 0.1) is 18.8 Å². The van der Waals surface area contributed by atoms with Gasteiger partial charge in [0.2, 0.25) is 5.91 Å². The summed E-state index contributed by atoms with van der Waals surface area (Å²) in [7, 11) is 1.63. The molecule has 0 atom stereocenters. The lowest BCUT2D eigenvalue weighted by Gasteiger charge is -2.13. The molecule has 4 rings (SSSR count). The Morgan fingerprint density at radius 2 is 1.91 bits per heavy atom. The van der Waals surface area contributed by atoms with Gasteiger partial charge < -0.3 is 15.4 Å². The van der Waals surface area contributed by atoms with Gasteiger partial charge in [-0.15, -0.1) is 0 Å². The lowest BCUT2D eigenvalue weighted by atomic mass is 10.1. The summed E-state index contributed by atoms with van der Waals surface area (Å²) in [6.45, 7) is 2.59. The summed E-state index contributed by atoms with van der Waals surface area (Å²) in [6.07, 6.45) is 4.06. The summed E-state index contributed by atoms with van der Waals surface area (Å²) < 4.78 is 6.59. The summed E-state index contributed by atoms with van der Waals surface area (Å²) in [6, 6.07) is 13.6. The van der Waals surface area contributed by atoms with Crippen molar-refractivity contribution in [3.63, 3.8) is 0 Å². The molecule has 0 fully saturated rings. The molecule has 0 bridgehead atoms. The third-order valence-electron chi connectivity index (χ3n) is 5.42. The number of nitrogens with zero attached hydrogens (tertiary/aromatic N) is 3. The fourth-order valence-electron chi connectivity index (χ4n) is 3.51. The van der Waals surface area contributed by atoms with E-state index in [1.165, 1.54) is 4.57 Å². The molecule has 0 radical (unpaired) electrons. The van der Waals surface area contributed by atoms with Crippen LogP contribution in [-0.2, 0) is 24.3 Å². The van der Waals surface area contributed by atoms with Crippen LogP contribution >= 0.6 is 0 Å². The quantitative estimate of drug-likeness (QED) is 0.364. The Bertz CT molecular complexity index is 1310. The Balaban J connectivity index is 1.35. The number of nitrogens with one attached hydrogen (secondary N) is 3. The predicted molar refractivity (Wildman–Crippen MR) is 126 cm³/mol. The molecule has 0 saturated carbocycles. The molecule has 3 N–H and O–H groups in total. The van der Waals surface area contributed by atoms with Crippen molar-refractivity contribution in [1.82, 2.24) is 25.1 Å². The van der Waals surface area contributed by atoms with Gasteiger partial charge in [-0.25, -0.2) is 4.98 Å². The van der Waals surface area contributed by atoms with E-state index in [0.717, 1.165) is 34.2 Å².